The van der Waals surface area contributed by atoms with Crippen LogP contribution in [0, 0.1) is 0 Å². The summed E-state index contributed by atoms with van der Waals surface area (Å²) in [5.41, 5.74) is -3.40. The number of ether oxygens (including phenoxy) is 2. The molecule has 9 N–H and O–H groups in total. The normalized spacial score (nSPS) is 51.1. The highest BCUT2D eigenvalue weighted by Crippen LogP contribution is 2.34. The maximum Gasteiger partial charge on any atom is 0.346 e. The van der Waals surface area contributed by atoms with E-state index in [0.717, 1.165) is 0 Å². The number of aliphatic hydroxyl groups is 8. The van der Waals surface area contributed by atoms with E-state index in [4.69, 9.17) is 0 Å². The van der Waals surface area contributed by atoms with Crippen molar-refractivity contribution in [3.8, 4) is 0 Å². The molecule has 2 saturated heterocycles. The number of aliphatic hydroxyl groups excluding tert-OH is 8. The molecule has 13 heteroatoms. The fourth-order valence-corrected chi connectivity index (χ4v) is 2.70. The topological polar surface area (TPSA) is 235 Å². The van der Waals surface area contributed by atoms with Crippen LogP contribution in [0.25, 0.3) is 0 Å². The van der Waals surface area contributed by atoms with Gasteiger partial charge < -0.3 is 55.4 Å². The molecule has 2 fully saturated rings. The van der Waals surface area contributed by atoms with Gasteiger partial charge in [-0.3, -0.25) is 4.79 Å². The van der Waals surface area contributed by atoms with Crippen LogP contribution in [0.1, 0.15) is 0 Å². The fourth-order valence-electron chi connectivity index (χ4n) is 2.70. The van der Waals surface area contributed by atoms with Gasteiger partial charge in [-0.05, 0) is 0 Å². The number of carboxylic acids is 1. The van der Waals surface area contributed by atoms with Crippen molar-refractivity contribution in [1.29, 1.82) is 0 Å². The molecule has 0 amide bonds. The molecule has 0 aromatic heterocycles. The molecule has 2 heterocycles. The number of ketones is 1. The molecule has 2 aliphatic rings. The van der Waals surface area contributed by atoms with Crippen LogP contribution in [-0.4, -0.2) is 119 Å². The molecule has 0 aromatic carbocycles. The molecule has 25 heavy (non-hydrogen) atoms. The average molecular weight is 370 g/mol. The molecule has 144 valence electrons. The van der Waals surface area contributed by atoms with Crippen LogP contribution in [0.5, 0.6) is 0 Å². The van der Waals surface area contributed by atoms with Crippen LogP contribution in [0.2, 0.25) is 0 Å². The largest absolute Gasteiger partial charge is 0.479 e. The quantitative estimate of drug-likeness (QED) is 0.210. The standard InChI is InChI=1S/C12H18O13/c13-1-2(14)6(24-9(20)4(1)16)8(19)12(11(22)23)7(18)3(15)5(17)10(21)25-12/h1-7,9-10,13-18,20-21H,(H,22,23). The van der Waals surface area contributed by atoms with Gasteiger partial charge in [0.25, 0.3) is 5.60 Å². The number of hydrogen-bond donors (Lipinski definition) is 9. The third kappa shape index (κ3) is 2.93. The summed E-state index contributed by atoms with van der Waals surface area (Å²) in [5, 5.41) is 86.1. The SMILES string of the molecule is O=C(O)C1(C(=O)C2OC(O)C(O)C(O)C2O)OC(O)C(O)C(O)C1O. The van der Waals surface area contributed by atoms with Gasteiger partial charge in [0.1, 0.15) is 36.6 Å². The van der Waals surface area contributed by atoms with Crippen molar-refractivity contribution in [3.05, 3.63) is 0 Å². The van der Waals surface area contributed by atoms with Gasteiger partial charge in [-0.25, -0.2) is 4.79 Å². The first-order chi connectivity index (χ1) is 11.5. The summed E-state index contributed by atoms with van der Waals surface area (Å²) in [5.74, 6) is -3.99. The summed E-state index contributed by atoms with van der Waals surface area (Å²) in [6.07, 6.45) is -20.4. The third-order valence-corrected chi connectivity index (χ3v) is 4.22. The first kappa shape index (κ1) is 20.1. The maximum atomic E-state index is 12.6. The molecule has 10 unspecified atom stereocenters. The second-order valence-electron chi connectivity index (χ2n) is 5.76. The Hall–Kier alpha value is -1.26. The first-order valence-electron chi connectivity index (χ1n) is 7.02. The Kier molecular flexibility index (Phi) is 5.46. The number of carbonyl (C=O) groups is 2. The third-order valence-electron chi connectivity index (χ3n) is 4.22. The zero-order valence-corrected chi connectivity index (χ0v) is 12.4. The number of Topliss-reactive ketones (excluding diaryl/α,β-unsaturated/α-hetero) is 1. The highest BCUT2D eigenvalue weighted by atomic mass is 16.7. The van der Waals surface area contributed by atoms with Crippen molar-refractivity contribution in [3.63, 3.8) is 0 Å². The molecule has 0 aromatic rings. The van der Waals surface area contributed by atoms with Gasteiger partial charge in [0.2, 0.25) is 5.78 Å². The van der Waals surface area contributed by atoms with Crippen LogP contribution < -0.4 is 0 Å². The van der Waals surface area contributed by atoms with E-state index in [1.54, 1.807) is 0 Å². The van der Waals surface area contributed by atoms with Crippen LogP contribution in [0.4, 0.5) is 0 Å². The minimum Gasteiger partial charge on any atom is -0.479 e. The molecule has 10 atom stereocenters. The second-order valence-corrected chi connectivity index (χ2v) is 5.76. The highest BCUT2D eigenvalue weighted by molar-refractivity contribution is 6.10. The Morgan fingerprint density at radius 1 is 0.720 bits per heavy atom. The Morgan fingerprint density at radius 2 is 1.24 bits per heavy atom. The molecule has 0 spiro atoms. The van der Waals surface area contributed by atoms with E-state index >= 15 is 0 Å². The van der Waals surface area contributed by atoms with E-state index < -0.39 is 72.7 Å². The second kappa shape index (κ2) is 6.81. The molecule has 0 bridgehead atoms. The van der Waals surface area contributed by atoms with Crippen LogP contribution in [-0.2, 0) is 19.1 Å². The summed E-state index contributed by atoms with van der Waals surface area (Å²) in [6, 6.07) is 0. The lowest BCUT2D eigenvalue weighted by Crippen LogP contribution is -2.74. The number of hydrogen-bond acceptors (Lipinski definition) is 12. The van der Waals surface area contributed by atoms with Crippen molar-refractivity contribution in [1.82, 2.24) is 0 Å². The smallest absolute Gasteiger partial charge is 0.346 e. The van der Waals surface area contributed by atoms with Crippen LogP contribution in [0.3, 0.4) is 0 Å². The van der Waals surface area contributed by atoms with Crippen molar-refractivity contribution in [2.24, 2.45) is 0 Å². The van der Waals surface area contributed by atoms with Crippen molar-refractivity contribution in [2.45, 2.75) is 60.9 Å². The number of aliphatic carboxylic acids is 1. The van der Waals surface area contributed by atoms with Gasteiger partial charge in [-0.1, -0.05) is 0 Å². The minimum atomic E-state index is -3.40. The number of carbonyl (C=O) groups excluding carboxylic acids is 1. The lowest BCUT2D eigenvalue weighted by molar-refractivity contribution is -0.316. The van der Waals surface area contributed by atoms with Gasteiger partial charge in [0.15, 0.2) is 18.7 Å². The average Bonchev–Trinajstić information content (AvgIpc) is 2.56. The van der Waals surface area contributed by atoms with Crippen molar-refractivity contribution < 1.29 is 65.0 Å². The van der Waals surface area contributed by atoms with E-state index in [9.17, 15) is 55.5 Å². The van der Waals surface area contributed by atoms with E-state index in [-0.39, 0.29) is 0 Å². The summed E-state index contributed by atoms with van der Waals surface area (Å²) >= 11 is 0. The summed E-state index contributed by atoms with van der Waals surface area (Å²) in [6.45, 7) is 0. The maximum absolute atomic E-state index is 12.6. The Balaban J connectivity index is 2.43. The van der Waals surface area contributed by atoms with E-state index in [0.29, 0.717) is 0 Å². The number of rotatable bonds is 3. The Morgan fingerprint density at radius 3 is 1.76 bits per heavy atom. The minimum absolute atomic E-state index is 1.78. The predicted molar refractivity (Wildman–Crippen MR) is 69.4 cm³/mol. The van der Waals surface area contributed by atoms with Crippen molar-refractivity contribution in [2.75, 3.05) is 0 Å². The van der Waals surface area contributed by atoms with Gasteiger partial charge in [-0.15, -0.1) is 0 Å². The van der Waals surface area contributed by atoms with Gasteiger partial charge in [-0.2, -0.15) is 0 Å². The number of carboxylic acid groups (broad SMARTS) is 1. The van der Waals surface area contributed by atoms with Gasteiger partial charge in [0, 0.05) is 0 Å². The summed E-state index contributed by atoms with van der Waals surface area (Å²) in [4.78, 5) is 24.2. The molecular weight excluding hydrogens is 352 g/mol. The van der Waals surface area contributed by atoms with Crippen LogP contribution >= 0.6 is 0 Å². The lowest BCUT2D eigenvalue weighted by Gasteiger charge is -2.46. The van der Waals surface area contributed by atoms with Crippen LogP contribution in [0.15, 0.2) is 0 Å². The fraction of sp³-hybridized carbons (Fsp3) is 0.833. The highest BCUT2D eigenvalue weighted by Gasteiger charge is 2.66. The molecular formula is C12H18O13. The van der Waals surface area contributed by atoms with Crippen molar-refractivity contribution >= 4 is 11.8 Å². The molecule has 0 saturated carbocycles. The Labute approximate surface area is 138 Å². The van der Waals surface area contributed by atoms with E-state index in [1.165, 1.54) is 0 Å². The lowest BCUT2D eigenvalue weighted by atomic mass is 9.79. The predicted octanol–water partition coefficient (Wildman–Crippen LogP) is -6.39. The van der Waals surface area contributed by atoms with Gasteiger partial charge >= 0.3 is 5.97 Å². The Bertz CT molecular complexity index is 539. The van der Waals surface area contributed by atoms with E-state index in [2.05, 4.69) is 9.47 Å². The molecule has 0 aliphatic carbocycles. The zero-order chi connectivity index (χ0) is 19.3. The zero-order valence-electron chi connectivity index (χ0n) is 12.4. The molecule has 13 nitrogen and oxygen atoms in total. The summed E-state index contributed by atoms with van der Waals surface area (Å²) in [7, 11) is 0. The molecule has 0 radical (unpaired) electrons. The monoisotopic (exact) mass is 370 g/mol. The molecule has 2 aliphatic heterocycles. The molecule has 2 rings (SSSR count). The first-order valence-corrected chi connectivity index (χ1v) is 7.02. The summed E-state index contributed by atoms with van der Waals surface area (Å²) < 4.78 is 9.10. The van der Waals surface area contributed by atoms with Gasteiger partial charge in [0.05, 0.1) is 0 Å². The van der Waals surface area contributed by atoms with E-state index in [1.807, 2.05) is 0 Å².